The van der Waals surface area contributed by atoms with E-state index in [4.69, 9.17) is 16.3 Å². The summed E-state index contributed by atoms with van der Waals surface area (Å²) in [6.07, 6.45) is 0.717. The van der Waals surface area contributed by atoms with Crippen LogP contribution in [0.25, 0.3) is 0 Å². The number of likely N-dealkylation sites (tertiary alicyclic amines) is 1. The van der Waals surface area contributed by atoms with Gasteiger partial charge in [-0.1, -0.05) is 51.8 Å². The molecule has 0 bridgehead atoms. The predicted octanol–water partition coefficient (Wildman–Crippen LogP) is 5.56. The van der Waals surface area contributed by atoms with Crippen molar-refractivity contribution in [3.63, 3.8) is 0 Å². The highest BCUT2D eigenvalue weighted by Gasteiger charge is 2.45. The molecule has 3 aromatic rings. The van der Waals surface area contributed by atoms with Gasteiger partial charge in [-0.3, -0.25) is 14.3 Å². The van der Waals surface area contributed by atoms with Crippen LogP contribution >= 0.6 is 27.5 Å². The summed E-state index contributed by atoms with van der Waals surface area (Å²) in [5.74, 6) is -0.748. The van der Waals surface area contributed by atoms with Gasteiger partial charge < -0.3 is 9.64 Å². The SMILES string of the molecule is COC(=O)C1(c2ccc(Br)cc2)CCN(C(=O)c2cc(S(=O)(=O)Nc3cccc(C)c3)ccc2Cl)CC1. The number of carbonyl (C=O) groups is 2. The zero-order chi connectivity index (χ0) is 26.8. The van der Waals surface area contributed by atoms with Gasteiger partial charge in [0.1, 0.15) is 0 Å². The van der Waals surface area contributed by atoms with Crippen LogP contribution in [0.5, 0.6) is 0 Å². The van der Waals surface area contributed by atoms with E-state index in [2.05, 4.69) is 20.7 Å². The minimum atomic E-state index is -3.95. The third-order valence-corrected chi connectivity index (χ3v) is 8.86. The lowest BCUT2D eigenvalue weighted by Gasteiger charge is -2.40. The van der Waals surface area contributed by atoms with E-state index in [1.54, 1.807) is 23.1 Å². The van der Waals surface area contributed by atoms with Crippen molar-refractivity contribution in [2.75, 3.05) is 24.9 Å². The lowest BCUT2D eigenvalue weighted by Crippen LogP contribution is -2.49. The quantitative estimate of drug-likeness (QED) is 0.372. The lowest BCUT2D eigenvalue weighted by atomic mass is 9.72. The van der Waals surface area contributed by atoms with Gasteiger partial charge in [-0.2, -0.15) is 0 Å². The Labute approximate surface area is 230 Å². The summed E-state index contributed by atoms with van der Waals surface area (Å²) in [6.45, 7) is 2.42. The number of sulfonamides is 1. The summed E-state index contributed by atoms with van der Waals surface area (Å²) in [4.78, 5) is 27.8. The van der Waals surface area contributed by atoms with E-state index in [-0.39, 0.29) is 34.5 Å². The molecule has 1 N–H and O–H groups in total. The highest BCUT2D eigenvalue weighted by atomic mass is 79.9. The Hall–Kier alpha value is -2.88. The van der Waals surface area contributed by atoms with E-state index in [9.17, 15) is 18.0 Å². The zero-order valence-corrected chi connectivity index (χ0v) is 23.5. The molecule has 0 saturated carbocycles. The first kappa shape index (κ1) is 27.2. The molecule has 1 amide bonds. The lowest BCUT2D eigenvalue weighted by molar-refractivity contribution is -0.149. The van der Waals surface area contributed by atoms with Crippen molar-refractivity contribution >= 4 is 55.1 Å². The van der Waals surface area contributed by atoms with E-state index >= 15 is 0 Å². The average Bonchev–Trinajstić information content (AvgIpc) is 2.88. The standard InChI is InChI=1S/C27H26BrClN2O5S/c1-18-4-3-5-21(16-18)30-37(34,35)22-10-11-24(29)23(17-22)25(32)31-14-12-27(13-15-31,26(33)36-2)19-6-8-20(28)9-7-19/h3-11,16-17,30H,12-15H2,1-2H3. The van der Waals surface area contributed by atoms with Gasteiger partial charge >= 0.3 is 5.97 Å². The van der Waals surface area contributed by atoms with Gasteiger partial charge in [-0.15, -0.1) is 0 Å². The van der Waals surface area contributed by atoms with Crippen LogP contribution < -0.4 is 4.72 Å². The molecular formula is C27H26BrClN2O5S. The monoisotopic (exact) mass is 604 g/mol. The Morgan fingerprint density at radius 3 is 2.32 bits per heavy atom. The van der Waals surface area contributed by atoms with Crippen LogP contribution in [0.15, 0.2) is 76.1 Å². The van der Waals surface area contributed by atoms with Crippen LogP contribution in [0, 0.1) is 6.92 Å². The first-order valence-electron chi connectivity index (χ1n) is 11.6. The molecule has 194 valence electrons. The van der Waals surface area contributed by atoms with Gasteiger partial charge in [-0.05, 0) is 73.4 Å². The number of nitrogens with one attached hydrogen (secondary N) is 1. The van der Waals surface area contributed by atoms with Crippen LogP contribution in [0.2, 0.25) is 5.02 Å². The second kappa shape index (κ2) is 10.8. The number of piperidine rings is 1. The van der Waals surface area contributed by atoms with E-state index in [1.165, 1.54) is 25.3 Å². The predicted molar refractivity (Wildman–Crippen MR) is 146 cm³/mol. The number of aryl methyl sites for hydroxylation is 1. The van der Waals surface area contributed by atoms with Crippen molar-refractivity contribution in [2.45, 2.75) is 30.1 Å². The molecule has 1 aliphatic heterocycles. The molecular weight excluding hydrogens is 580 g/mol. The molecule has 0 radical (unpaired) electrons. The van der Waals surface area contributed by atoms with Crippen LogP contribution in [-0.2, 0) is 25.0 Å². The molecule has 0 unspecified atom stereocenters. The summed E-state index contributed by atoms with van der Waals surface area (Å²) in [7, 11) is -2.59. The van der Waals surface area contributed by atoms with E-state index < -0.39 is 21.3 Å². The number of hydrogen-bond acceptors (Lipinski definition) is 5. The minimum Gasteiger partial charge on any atom is -0.468 e. The maximum atomic E-state index is 13.4. The number of ether oxygens (including phenoxy) is 1. The summed E-state index contributed by atoms with van der Waals surface area (Å²) in [5.41, 5.74) is 1.36. The Balaban J connectivity index is 1.56. The minimum absolute atomic E-state index is 0.0717. The maximum absolute atomic E-state index is 13.4. The van der Waals surface area contributed by atoms with Crippen LogP contribution in [0.4, 0.5) is 5.69 Å². The highest BCUT2D eigenvalue weighted by molar-refractivity contribution is 9.10. The van der Waals surface area contributed by atoms with Gasteiger partial charge in [0.05, 0.1) is 28.0 Å². The summed E-state index contributed by atoms with van der Waals surface area (Å²) in [6, 6.07) is 18.5. The number of hydrogen-bond donors (Lipinski definition) is 1. The number of nitrogens with zero attached hydrogens (tertiary/aromatic N) is 1. The Bertz CT molecular complexity index is 1440. The molecule has 10 heteroatoms. The first-order chi connectivity index (χ1) is 17.6. The molecule has 0 atom stereocenters. The van der Waals surface area contributed by atoms with Crippen LogP contribution in [-0.4, -0.2) is 45.4 Å². The number of benzene rings is 3. The Morgan fingerprint density at radius 1 is 1.03 bits per heavy atom. The fourth-order valence-electron chi connectivity index (χ4n) is 4.59. The first-order valence-corrected chi connectivity index (χ1v) is 14.2. The van der Waals surface area contributed by atoms with Crippen molar-refractivity contribution in [1.29, 1.82) is 0 Å². The molecule has 0 aromatic heterocycles. The van der Waals surface area contributed by atoms with Crippen molar-refractivity contribution in [3.05, 3.63) is 92.9 Å². The number of esters is 1. The number of carbonyl (C=O) groups excluding carboxylic acids is 2. The van der Waals surface area contributed by atoms with Crippen molar-refractivity contribution in [3.8, 4) is 0 Å². The number of amides is 1. The number of halogens is 2. The van der Waals surface area contributed by atoms with Crippen molar-refractivity contribution in [2.24, 2.45) is 0 Å². The molecule has 1 saturated heterocycles. The van der Waals surface area contributed by atoms with Gasteiger partial charge in [0.2, 0.25) is 0 Å². The highest BCUT2D eigenvalue weighted by Crippen LogP contribution is 2.38. The fourth-order valence-corrected chi connectivity index (χ4v) is 6.13. The third-order valence-electron chi connectivity index (χ3n) is 6.63. The second-order valence-electron chi connectivity index (χ2n) is 8.99. The third kappa shape index (κ3) is 5.68. The smallest absolute Gasteiger partial charge is 0.316 e. The summed E-state index contributed by atoms with van der Waals surface area (Å²) >= 11 is 9.75. The number of methoxy groups -OCH3 is 1. The van der Waals surface area contributed by atoms with E-state index in [0.717, 1.165) is 15.6 Å². The Kier molecular flexibility index (Phi) is 7.96. The van der Waals surface area contributed by atoms with Crippen LogP contribution in [0.3, 0.4) is 0 Å². The van der Waals surface area contributed by atoms with Gasteiger partial charge in [0.25, 0.3) is 15.9 Å². The number of rotatable bonds is 6. The molecule has 0 spiro atoms. The topological polar surface area (TPSA) is 92.8 Å². The largest absolute Gasteiger partial charge is 0.468 e. The Morgan fingerprint density at radius 2 is 1.70 bits per heavy atom. The molecule has 37 heavy (non-hydrogen) atoms. The molecule has 4 rings (SSSR count). The van der Waals surface area contributed by atoms with Crippen molar-refractivity contribution < 1.29 is 22.7 Å². The molecule has 7 nitrogen and oxygen atoms in total. The molecule has 1 fully saturated rings. The average molecular weight is 606 g/mol. The summed E-state index contributed by atoms with van der Waals surface area (Å²) < 4.78 is 34.6. The number of anilines is 1. The van der Waals surface area contributed by atoms with Crippen LogP contribution in [0.1, 0.15) is 34.3 Å². The second-order valence-corrected chi connectivity index (χ2v) is 12.0. The molecule has 1 heterocycles. The summed E-state index contributed by atoms with van der Waals surface area (Å²) in [5, 5.41) is 0.150. The normalized spacial score (nSPS) is 15.2. The van der Waals surface area contributed by atoms with Crippen molar-refractivity contribution in [1.82, 2.24) is 4.90 Å². The maximum Gasteiger partial charge on any atom is 0.316 e. The fraction of sp³-hybridized carbons (Fsp3) is 0.259. The molecule has 1 aliphatic rings. The van der Waals surface area contributed by atoms with Gasteiger partial charge in [-0.25, -0.2) is 8.42 Å². The molecule has 3 aromatic carbocycles. The van der Waals surface area contributed by atoms with Gasteiger partial charge in [0, 0.05) is 23.2 Å². The zero-order valence-electron chi connectivity index (χ0n) is 20.3. The van der Waals surface area contributed by atoms with E-state index in [0.29, 0.717) is 18.5 Å². The molecule has 0 aliphatic carbocycles. The van der Waals surface area contributed by atoms with E-state index in [1.807, 2.05) is 37.3 Å². The van der Waals surface area contributed by atoms with Gasteiger partial charge in [0.15, 0.2) is 0 Å².